The van der Waals surface area contributed by atoms with Gasteiger partial charge in [-0.1, -0.05) is 6.07 Å². The van der Waals surface area contributed by atoms with Crippen molar-refractivity contribution in [3.8, 4) is 0 Å². The fraction of sp³-hybridized carbons (Fsp3) is 0.625. The first-order valence-electron chi connectivity index (χ1n) is 8.08. The quantitative estimate of drug-likeness (QED) is 0.440. The maximum Gasteiger partial charge on any atom is 0.320 e. The first-order chi connectivity index (χ1) is 11.1. The van der Waals surface area contributed by atoms with Gasteiger partial charge in [0.1, 0.15) is 11.9 Å². The molecule has 1 aromatic heterocycles. The van der Waals surface area contributed by atoms with Gasteiger partial charge in [-0.2, -0.15) is 0 Å². The number of pyridine rings is 1. The molecular formula is C16H25N3O4. The van der Waals surface area contributed by atoms with E-state index in [1.807, 2.05) is 6.07 Å². The van der Waals surface area contributed by atoms with Crippen molar-refractivity contribution < 1.29 is 20.1 Å². The molecule has 0 radical (unpaired) electrons. The first-order valence-corrected chi connectivity index (χ1v) is 8.08. The lowest BCUT2D eigenvalue weighted by Crippen LogP contribution is -2.41. The highest BCUT2D eigenvalue weighted by Crippen LogP contribution is 2.20. The lowest BCUT2D eigenvalue weighted by Gasteiger charge is -2.18. The van der Waals surface area contributed by atoms with Crippen LogP contribution in [0.2, 0.25) is 0 Å². The lowest BCUT2D eigenvalue weighted by molar-refractivity contribution is -0.140. The van der Waals surface area contributed by atoms with E-state index in [4.69, 9.17) is 10.2 Å². The molecular weight excluding hydrogens is 298 g/mol. The Bertz CT molecular complexity index is 524. The number of nitrogens with zero attached hydrogens (tertiary/aromatic N) is 1. The van der Waals surface area contributed by atoms with E-state index < -0.39 is 18.1 Å². The van der Waals surface area contributed by atoms with Gasteiger partial charge in [0.2, 0.25) is 0 Å². The van der Waals surface area contributed by atoms with Crippen molar-refractivity contribution in [2.45, 2.75) is 44.2 Å². The average molecular weight is 323 g/mol. The molecule has 0 aromatic carbocycles. The monoisotopic (exact) mass is 323 g/mol. The maximum atomic E-state index is 10.9. The molecule has 1 aliphatic heterocycles. The summed E-state index contributed by atoms with van der Waals surface area (Å²) in [5, 5.41) is 33.8. The van der Waals surface area contributed by atoms with Crippen LogP contribution in [0, 0.1) is 0 Å². The minimum atomic E-state index is -1.02. The number of aliphatic carboxylic acids is 1. The van der Waals surface area contributed by atoms with Crippen LogP contribution in [0.4, 0.5) is 5.82 Å². The number of aliphatic hydroxyl groups is 2. The Labute approximate surface area is 135 Å². The number of rotatable bonds is 9. The fourth-order valence-corrected chi connectivity index (χ4v) is 2.64. The summed E-state index contributed by atoms with van der Waals surface area (Å²) in [5.41, 5.74) is 2.15. The maximum absolute atomic E-state index is 10.9. The number of hydrogen-bond donors (Lipinski definition) is 5. The first kappa shape index (κ1) is 17.7. The second-order valence-electron chi connectivity index (χ2n) is 5.84. The van der Waals surface area contributed by atoms with E-state index in [0.29, 0.717) is 12.8 Å². The Kier molecular flexibility index (Phi) is 6.76. The number of aryl methyl sites for hydroxylation is 2. The van der Waals surface area contributed by atoms with Crippen molar-refractivity contribution in [1.29, 1.82) is 0 Å². The van der Waals surface area contributed by atoms with Crippen LogP contribution >= 0.6 is 0 Å². The van der Waals surface area contributed by atoms with Gasteiger partial charge < -0.3 is 26.0 Å². The highest BCUT2D eigenvalue weighted by atomic mass is 16.4. The lowest BCUT2D eigenvalue weighted by atomic mass is 10.1. The van der Waals surface area contributed by atoms with Crippen LogP contribution in [0.25, 0.3) is 0 Å². The Morgan fingerprint density at radius 3 is 2.96 bits per heavy atom. The molecule has 5 N–H and O–H groups in total. The molecule has 0 saturated heterocycles. The van der Waals surface area contributed by atoms with E-state index in [2.05, 4.69) is 21.7 Å². The summed E-state index contributed by atoms with van der Waals surface area (Å²) < 4.78 is 0. The number of aliphatic hydroxyl groups excluding tert-OH is 2. The van der Waals surface area contributed by atoms with Gasteiger partial charge in [0, 0.05) is 25.4 Å². The van der Waals surface area contributed by atoms with E-state index in [-0.39, 0.29) is 19.6 Å². The molecule has 7 nitrogen and oxygen atoms in total. The zero-order valence-corrected chi connectivity index (χ0v) is 13.2. The molecule has 128 valence electrons. The van der Waals surface area contributed by atoms with Crippen molar-refractivity contribution in [1.82, 2.24) is 10.3 Å². The summed E-state index contributed by atoms with van der Waals surface area (Å²) in [5.74, 6) is -0.0797. The van der Waals surface area contributed by atoms with Gasteiger partial charge in [-0.25, -0.2) is 4.98 Å². The van der Waals surface area contributed by atoms with Crippen molar-refractivity contribution in [2.24, 2.45) is 0 Å². The zero-order chi connectivity index (χ0) is 16.7. The van der Waals surface area contributed by atoms with Crippen molar-refractivity contribution in [3.63, 3.8) is 0 Å². The third kappa shape index (κ3) is 5.46. The van der Waals surface area contributed by atoms with E-state index in [0.717, 1.165) is 30.9 Å². The predicted octanol–water partition coefficient (Wildman–Crippen LogP) is 0.158. The van der Waals surface area contributed by atoms with Gasteiger partial charge in [-0.15, -0.1) is 0 Å². The summed E-state index contributed by atoms with van der Waals surface area (Å²) in [4.78, 5) is 15.5. The second kappa shape index (κ2) is 8.81. The number of hydrogen-bond acceptors (Lipinski definition) is 6. The normalized spacial score (nSPS) is 16.3. The van der Waals surface area contributed by atoms with Gasteiger partial charge in [0.15, 0.2) is 0 Å². The van der Waals surface area contributed by atoms with Crippen LogP contribution in [0.5, 0.6) is 0 Å². The van der Waals surface area contributed by atoms with Crippen LogP contribution in [0.1, 0.15) is 30.5 Å². The molecule has 2 rings (SSSR count). The minimum absolute atomic E-state index is 0.125. The number of anilines is 1. The zero-order valence-electron chi connectivity index (χ0n) is 13.2. The molecule has 0 spiro atoms. The van der Waals surface area contributed by atoms with Crippen molar-refractivity contribution >= 4 is 11.8 Å². The molecule has 1 aliphatic rings. The molecule has 23 heavy (non-hydrogen) atoms. The van der Waals surface area contributed by atoms with E-state index in [9.17, 15) is 9.90 Å². The van der Waals surface area contributed by atoms with E-state index in [1.165, 1.54) is 5.56 Å². The fourth-order valence-electron chi connectivity index (χ4n) is 2.64. The van der Waals surface area contributed by atoms with Gasteiger partial charge in [-0.05, 0) is 43.7 Å². The number of aromatic nitrogens is 1. The van der Waals surface area contributed by atoms with Crippen molar-refractivity contribution in [2.75, 3.05) is 25.0 Å². The molecule has 1 aromatic rings. The number of carboxylic acid groups (broad SMARTS) is 1. The van der Waals surface area contributed by atoms with Gasteiger partial charge >= 0.3 is 5.97 Å². The molecule has 0 amide bonds. The summed E-state index contributed by atoms with van der Waals surface area (Å²) in [6, 6.07) is 3.23. The molecule has 7 heteroatoms. The summed E-state index contributed by atoms with van der Waals surface area (Å²) in [6.07, 6.45) is 2.78. The summed E-state index contributed by atoms with van der Waals surface area (Å²) in [7, 11) is 0. The van der Waals surface area contributed by atoms with Crippen LogP contribution in [-0.4, -0.2) is 58.1 Å². The smallest absolute Gasteiger partial charge is 0.320 e. The van der Waals surface area contributed by atoms with Gasteiger partial charge in [0.25, 0.3) is 0 Å². The van der Waals surface area contributed by atoms with Gasteiger partial charge in [-0.3, -0.25) is 4.79 Å². The Hall–Kier alpha value is -1.70. The highest BCUT2D eigenvalue weighted by Gasteiger charge is 2.17. The van der Waals surface area contributed by atoms with Crippen LogP contribution in [0.15, 0.2) is 12.1 Å². The minimum Gasteiger partial charge on any atom is -0.480 e. The number of nitrogens with one attached hydrogen (secondary N) is 2. The average Bonchev–Trinajstić information content (AvgIpc) is 2.56. The number of carboxylic acids is 1. The Morgan fingerprint density at radius 2 is 2.22 bits per heavy atom. The molecule has 2 heterocycles. The van der Waals surface area contributed by atoms with Crippen LogP contribution in [0.3, 0.4) is 0 Å². The SMILES string of the molecule is O=C(O)[C@H](CCO)NC[C@@H](O)CCc1ccc2c(n1)NCCC2. The summed E-state index contributed by atoms with van der Waals surface area (Å²) >= 11 is 0. The number of carbonyl (C=O) groups is 1. The highest BCUT2D eigenvalue weighted by molar-refractivity contribution is 5.73. The van der Waals surface area contributed by atoms with Crippen LogP contribution < -0.4 is 10.6 Å². The molecule has 0 unspecified atom stereocenters. The molecule has 2 atom stereocenters. The molecule has 0 aliphatic carbocycles. The molecule has 0 bridgehead atoms. The van der Waals surface area contributed by atoms with Crippen molar-refractivity contribution in [3.05, 3.63) is 23.4 Å². The molecule has 0 fully saturated rings. The standard InChI is InChI=1S/C16H25N3O4/c20-9-7-14(16(22)23)18-10-13(21)6-5-12-4-3-11-2-1-8-17-15(11)19-12/h3-4,13-14,18,20-21H,1-2,5-10H2,(H,17,19)(H,22,23)/t13-,14-/m0/s1. The van der Waals surface area contributed by atoms with Gasteiger partial charge in [0.05, 0.1) is 6.10 Å². The number of fused-ring (bicyclic) bond motifs is 1. The molecule has 0 saturated carbocycles. The van der Waals surface area contributed by atoms with E-state index in [1.54, 1.807) is 0 Å². The topological polar surface area (TPSA) is 115 Å². The predicted molar refractivity (Wildman–Crippen MR) is 86.5 cm³/mol. The van der Waals surface area contributed by atoms with Crippen LogP contribution in [-0.2, 0) is 17.6 Å². The summed E-state index contributed by atoms with van der Waals surface area (Å²) in [6.45, 7) is 0.920. The largest absolute Gasteiger partial charge is 0.480 e. The Balaban J connectivity index is 1.77. The second-order valence-corrected chi connectivity index (χ2v) is 5.84. The van der Waals surface area contributed by atoms with E-state index >= 15 is 0 Å². The third-order valence-electron chi connectivity index (χ3n) is 4.00. The third-order valence-corrected chi connectivity index (χ3v) is 4.00. The Morgan fingerprint density at radius 1 is 1.39 bits per heavy atom.